The highest BCUT2D eigenvalue weighted by atomic mass is 32.1. The Kier molecular flexibility index (Phi) is 4.44. The first-order valence-corrected chi connectivity index (χ1v) is 8.01. The third-order valence-electron chi connectivity index (χ3n) is 3.43. The van der Waals surface area contributed by atoms with Crippen molar-refractivity contribution < 1.29 is 14.0 Å². The highest BCUT2D eigenvalue weighted by Crippen LogP contribution is 2.21. The molecule has 4 N–H and O–H groups in total. The molecule has 6 nitrogen and oxygen atoms in total. The molecule has 0 aliphatic carbocycles. The highest BCUT2D eigenvalue weighted by molar-refractivity contribution is 7.13. The van der Waals surface area contributed by atoms with Crippen molar-refractivity contribution in [3.05, 3.63) is 75.1 Å². The van der Waals surface area contributed by atoms with Crippen molar-refractivity contribution in [1.82, 2.24) is 4.98 Å². The van der Waals surface area contributed by atoms with Crippen LogP contribution in [0.3, 0.4) is 0 Å². The molecule has 25 heavy (non-hydrogen) atoms. The molecule has 0 fully saturated rings. The zero-order chi connectivity index (χ0) is 18.0. The molecule has 8 heteroatoms. The van der Waals surface area contributed by atoms with Gasteiger partial charge in [-0.05, 0) is 41.8 Å². The van der Waals surface area contributed by atoms with Crippen molar-refractivity contribution in [2.45, 2.75) is 0 Å². The number of hydrogen-bond acceptors (Lipinski definition) is 4. The molecule has 3 rings (SSSR count). The van der Waals surface area contributed by atoms with Gasteiger partial charge in [-0.15, -0.1) is 11.3 Å². The predicted octanol–water partition coefficient (Wildman–Crippen LogP) is 2.59. The quantitative estimate of drug-likeness (QED) is 0.668. The monoisotopic (exact) mass is 357 g/mol. The number of primary amides is 1. The van der Waals surface area contributed by atoms with E-state index < -0.39 is 23.2 Å². The average molecular weight is 357 g/mol. The SMILES string of the molecule is NC(=O)c1cc(NC(=O)c2ccc(-c3cccs3)[nH]c2=O)ccc1F. The molecular formula is C17H12FN3O3S. The Bertz CT molecular complexity index is 1010. The first-order valence-electron chi connectivity index (χ1n) is 7.13. The van der Waals surface area contributed by atoms with Crippen LogP contribution >= 0.6 is 11.3 Å². The van der Waals surface area contributed by atoms with Crippen molar-refractivity contribution in [1.29, 1.82) is 0 Å². The number of anilines is 1. The van der Waals surface area contributed by atoms with Gasteiger partial charge in [0.25, 0.3) is 17.4 Å². The van der Waals surface area contributed by atoms with E-state index in [4.69, 9.17) is 5.73 Å². The molecule has 0 spiro atoms. The fourth-order valence-electron chi connectivity index (χ4n) is 2.22. The molecule has 2 heterocycles. The highest BCUT2D eigenvalue weighted by Gasteiger charge is 2.14. The number of nitrogens with one attached hydrogen (secondary N) is 2. The van der Waals surface area contributed by atoms with Gasteiger partial charge >= 0.3 is 0 Å². The number of aromatic nitrogens is 1. The van der Waals surface area contributed by atoms with Crippen molar-refractivity contribution in [2.75, 3.05) is 5.32 Å². The van der Waals surface area contributed by atoms with E-state index >= 15 is 0 Å². The summed E-state index contributed by atoms with van der Waals surface area (Å²) in [5, 5.41) is 4.32. The second kappa shape index (κ2) is 6.70. The summed E-state index contributed by atoms with van der Waals surface area (Å²) < 4.78 is 13.5. The molecule has 2 aromatic heterocycles. The first-order chi connectivity index (χ1) is 12.0. The summed E-state index contributed by atoms with van der Waals surface area (Å²) in [5.41, 5.74) is 4.82. The second-order valence-corrected chi connectivity index (χ2v) is 6.05. The molecule has 0 atom stereocenters. The number of pyridine rings is 1. The van der Waals surface area contributed by atoms with Crippen LogP contribution in [-0.4, -0.2) is 16.8 Å². The average Bonchev–Trinajstić information content (AvgIpc) is 3.10. The van der Waals surface area contributed by atoms with Crippen LogP contribution in [0.25, 0.3) is 10.6 Å². The normalized spacial score (nSPS) is 10.4. The van der Waals surface area contributed by atoms with Crippen LogP contribution in [0, 0.1) is 5.82 Å². The molecule has 0 aliphatic heterocycles. The largest absolute Gasteiger partial charge is 0.366 e. The number of nitrogens with two attached hydrogens (primary N) is 1. The molecule has 0 aliphatic rings. The lowest BCUT2D eigenvalue weighted by atomic mass is 10.1. The summed E-state index contributed by atoms with van der Waals surface area (Å²) in [7, 11) is 0. The first kappa shape index (κ1) is 16.6. The van der Waals surface area contributed by atoms with E-state index in [0.29, 0.717) is 5.69 Å². The Labute approximate surface area is 145 Å². The van der Waals surface area contributed by atoms with Gasteiger partial charge in [0, 0.05) is 5.69 Å². The molecule has 0 bridgehead atoms. The van der Waals surface area contributed by atoms with Crippen molar-refractivity contribution in [3.8, 4) is 10.6 Å². The zero-order valence-electron chi connectivity index (χ0n) is 12.7. The van der Waals surface area contributed by atoms with Gasteiger partial charge in [0.1, 0.15) is 11.4 Å². The summed E-state index contributed by atoms with van der Waals surface area (Å²) in [4.78, 5) is 39.1. The topological polar surface area (TPSA) is 105 Å². The van der Waals surface area contributed by atoms with E-state index in [0.717, 1.165) is 17.0 Å². The summed E-state index contributed by atoms with van der Waals surface area (Å²) in [6.07, 6.45) is 0. The third-order valence-corrected chi connectivity index (χ3v) is 4.33. The Morgan fingerprint density at radius 2 is 1.92 bits per heavy atom. The number of carbonyl (C=O) groups excluding carboxylic acids is 2. The van der Waals surface area contributed by atoms with Crippen molar-refractivity contribution >= 4 is 28.8 Å². The van der Waals surface area contributed by atoms with Crippen LogP contribution in [0.2, 0.25) is 0 Å². The molecular weight excluding hydrogens is 345 g/mol. The van der Waals surface area contributed by atoms with Gasteiger partial charge in [0.2, 0.25) is 0 Å². The fourth-order valence-corrected chi connectivity index (χ4v) is 2.93. The maximum atomic E-state index is 13.5. The lowest BCUT2D eigenvalue weighted by molar-refractivity contribution is 0.0992. The Morgan fingerprint density at radius 3 is 2.56 bits per heavy atom. The molecule has 3 aromatic rings. The number of H-pyrrole nitrogens is 1. The lowest BCUT2D eigenvalue weighted by Crippen LogP contribution is -2.23. The van der Waals surface area contributed by atoms with Gasteiger partial charge < -0.3 is 16.0 Å². The molecule has 2 amide bonds. The molecule has 0 saturated heterocycles. The van der Waals surface area contributed by atoms with Crippen LogP contribution < -0.4 is 16.6 Å². The van der Waals surface area contributed by atoms with Gasteiger partial charge in [0.15, 0.2) is 0 Å². The summed E-state index contributed by atoms with van der Waals surface area (Å²) in [6, 6.07) is 10.1. The zero-order valence-corrected chi connectivity index (χ0v) is 13.5. The van der Waals surface area contributed by atoms with Gasteiger partial charge in [0.05, 0.1) is 16.1 Å². The molecule has 0 radical (unpaired) electrons. The summed E-state index contributed by atoms with van der Waals surface area (Å²) in [6.45, 7) is 0. The van der Waals surface area contributed by atoms with E-state index in [2.05, 4.69) is 10.3 Å². The molecule has 1 aromatic carbocycles. The minimum Gasteiger partial charge on any atom is -0.366 e. The number of halogens is 1. The van der Waals surface area contributed by atoms with E-state index in [-0.39, 0.29) is 16.8 Å². The Hall–Kier alpha value is -3.26. The van der Waals surface area contributed by atoms with E-state index in [1.807, 2.05) is 17.5 Å². The van der Waals surface area contributed by atoms with Crippen molar-refractivity contribution in [2.24, 2.45) is 5.73 Å². The number of aromatic amines is 1. The molecule has 126 valence electrons. The Balaban J connectivity index is 1.86. The van der Waals surface area contributed by atoms with Crippen LogP contribution in [0.1, 0.15) is 20.7 Å². The number of benzene rings is 1. The predicted molar refractivity (Wildman–Crippen MR) is 93.2 cm³/mol. The number of hydrogen-bond donors (Lipinski definition) is 3. The number of rotatable bonds is 4. The Morgan fingerprint density at radius 1 is 1.12 bits per heavy atom. The minimum absolute atomic E-state index is 0.106. The van der Waals surface area contributed by atoms with Gasteiger partial charge in [-0.1, -0.05) is 6.07 Å². The van der Waals surface area contributed by atoms with Crippen molar-refractivity contribution in [3.63, 3.8) is 0 Å². The second-order valence-electron chi connectivity index (χ2n) is 5.11. The number of thiophene rings is 1. The van der Waals surface area contributed by atoms with E-state index in [1.165, 1.54) is 23.5 Å². The number of carbonyl (C=O) groups is 2. The summed E-state index contributed by atoms with van der Waals surface area (Å²) in [5.74, 6) is -2.42. The number of amides is 2. The fraction of sp³-hybridized carbons (Fsp3) is 0. The molecule has 0 saturated carbocycles. The maximum absolute atomic E-state index is 13.5. The smallest absolute Gasteiger partial charge is 0.261 e. The molecule has 0 unspecified atom stereocenters. The van der Waals surface area contributed by atoms with E-state index in [1.54, 1.807) is 6.07 Å². The van der Waals surface area contributed by atoms with Crippen LogP contribution in [0.4, 0.5) is 10.1 Å². The van der Waals surface area contributed by atoms with Crippen LogP contribution in [0.5, 0.6) is 0 Å². The third kappa shape index (κ3) is 3.48. The minimum atomic E-state index is -0.952. The van der Waals surface area contributed by atoms with Crippen LogP contribution in [0.15, 0.2) is 52.6 Å². The van der Waals surface area contributed by atoms with E-state index in [9.17, 15) is 18.8 Å². The van der Waals surface area contributed by atoms with Gasteiger partial charge in [-0.3, -0.25) is 14.4 Å². The summed E-state index contributed by atoms with van der Waals surface area (Å²) >= 11 is 1.46. The maximum Gasteiger partial charge on any atom is 0.261 e. The van der Waals surface area contributed by atoms with Gasteiger partial charge in [-0.25, -0.2) is 4.39 Å². The van der Waals surface area contributed by atoms with Crippen LogP contribution in [-0.2, 0) is 0 Å². The van der Waals surface area contributed by atoms with Gasteiger partial charge in [-0.2, -0.15) is 0 Å². The lowest BCUT2D eigenvalue weighted by Gasteiger charge is -2.07. The standard InChI is InChI=1S/C17H12FN3O3S/c18-12-5-3-9(8-11(12)15(19)22)20-16(23)10-4-6-13(21-17(10)24)14-2-1-7-25-14/h1-8H,(H2,19,22)(H,20,23)(H,21,24).